The van der Waals surface area contributed by atoms with Crippen LogP contribution in [0.3, 0.4) is 0 Å². The third-order valence-corrected chi connectivity index (χ3v) is 5.25. The maximum Gasteiger partial charge on any atom is 0.349 e. The van der Waals surface area contributed by atoms with Crippen LogP contribution in [0.25, 0.3) is 0 Å². The predicted octanol–water partition coefficient (Wildman–Crippen LogP) is 2.03. The number of hydrogen-bond donors (Lipinski definition) is 0. The molecule has 3 heterocycles. The van der Waals surface area contributed by atoms with E-state index < -0.39 is 0 Å². The smallest absolute Gasteiger partial charge is 0.349 e. The van der Waals surface area contributed by atoms with Crippen molar-refractivity contribution in [1.29, 1.82) is 0 Å². The number of nitrogens with zero attached hydrogens (tertiary/aromatic N) is 2. The molecule has 0 saturated carbocycles. The Labute approximate surface area is 122 Å². The number of methoxy groups -OCH3 is 1. The van der Waals surface area contributed by atoms with Gasteiger partial charge in [0, 0.05) is 12.6 Å². The molecule has 1 aromatic heterocycles. The lowest BCUT2D eigenvalue weighted by atomic mass is 10.2. The van der Waals surface area contributed by atoms with E-state index in [-0.39, 0.29) is 12.1 Å². The molecule has 0 aromatic carbocycles. The molecule has 0 bridgehead atoms. The van der Waals surface area contributed by atoms with Crippen molar-refractivity contribution >= 4 is 17.3 Å². The average Bonchev–Trinajstić information content (AvgIpc) is 3.11. The Morgan fingerprint density at radius 1 is 1.60 bits per heavy atom. The van der Waals surface area contributed by atoms with Gasteiger partial charge >= 0.3 is 5.97 Å². The van der Waals surface area contributed by atoms with Crippen LogP contribution in [0, 0.1) is 0 Å². The number of ether oxygens (including phenoxy) is 2. The molecule has 0 N–H and O–H groups in total. The zero-order chi connectivity index (χ0) is 14.1. The van der Waals surface area contributed by atoms with Crippen LogP contribution in [0.5, 0.6) is 0 Å². The molecule has 5 nitrogen and oxygen atoms in total. The van der Waals surface area contributed by atoms with Crippen molar-refractivity contribution in [2.75, 3.05) is 26.8 Å². The van der Waals surface area contributed by atoms with E-state index in [4.69, 9.17) is 9.47 Å². The Bertz CT molecular complexity index is 503. The number of thiazole rings is 1. The summed E-state index contributed by atoms with van der Waals surface area (Å²) in [6, 6.07) is 0.580. The van der Waals surface area contributed by atoms with Crippen LogP contribution in [0.15, 0.2) is 0 Å². The number of morpholine rings is 1. The first-order chi connectivity index (χ1) is 9.72. The second-order valence-corrected chi connectivity index (χ2v) is 6.32. The lowest BCUT2D eigenvalue weighted by molar-refractivity contribution is -0.0502. The Kier molecular flexibility index (Phi) is 4.05. The monoisotopic (exact) mass is 296 g/mol. The van der Waals surface area contributed by atoms with E-state index >= 15 is 0 Å². The SMILES string of the molecule is CCc1nc(C2CN3CCCC3CO2)sc1C(=O)OC. The number of rotatable bonds is 3. The summed E-state index contributed by atoms with van der Waals surface area (Å²) in [7, 11) is 1.41. The summed E-state index contributed by atoms with van der Waals surface area (Å²) in [6.45, 7) is 4.82. The summed E-state index contributed by atoms with van der Waals surface area (Å²) in [5.74, 6) is -0.291. The number of hydrogen-bond acceptors (Lipinski definition) is 6. The molecule has 2 saturated heterocycles. The molecule has 0 radical (unpaired) electrons. The molecule has 2 atom stereocenters. The number of carbonyl (C=O) groups excluding carboxylic acids is 1. The molecule has 2 aliphatic rings. The number of carbonyl (C=O) groups is 1. The van der Waals surface area contributed by atoms with Crippen LogP contribution in [0.2, 0.25) is 0 Å². The molecule has 0 spiro atoms. The van der Waals surface area contributed by atoms with Crippen LogP contribution in [-0.2, 0) is 15.9 Å². The minimum Gasteiger partial charge on any atom is -0.465 e. The van der Waals surface area contributed by atoms with Crippen LogP contribution in [0.4, 0.5) is 0 Å². The van der Waals surface area contributed by atoms with E-state index in [1.807, 2.05) is 6.92 Å². The summed E-state index contributed by atoms with van der Waals surface area (Å²) in [4.78, 5) is 19.5. The summed E-state index contributed by atoms with van der Waals surface area (Å²) in [6.07, 6.45) is 3.22. The first-order valence-electron chi connectivity index (χ1n) is 7.16. The third kappa shape index (κ3) is 2.47. The van der Waals surface area contributed by atoms with Gasteiger partial charge in [0.05, 0.1) is 19.4 Å². The quantitative estimate of drug-likeness (QED) is 0.799. The Morgan fingerprint density at radius 2 is 2.45 bits per heavy atom. The standard InChI is InChI=1S/C14H20N2O3S/c1-3-10-12(14(17)18-2)20-13(15-10)11-7-16-6-4-5-9(16)8-19-11/h9,11H,3-8H2,1-2H3. The van der Waals surface area contributed by atoms with Gasteiger partial charge in [-0.15, -0.1) is 11.3 Å². The lowest BCUT2D eigenvalue weighted by Gasteiger charge is -2.34. The minimum atomic E-state index is -0.291. The van der Waals surface area contributed by atoms with Crippen molar-refractivity contribution in [3.63, 3.8) is 0 Å². The molecular weight excluding hydrogens is 276 g/mol. The van der Waals surface area contributed by atoms with Gasteiger partial charge in [0.15, 0.2) is 0 Å². The van der Waals surface area contributed by atoms with Crippen molar-refractivity contribution in [3.05, 3.63) is 15.6 Å². The predicted molar refractivity (Wildman–Crippen MR) is 76.1 cm³/mol. The van der Waals surface area contributed by atoms with Crippen molar-refractivity contribution < 1.29 is 14.3 Å². The molecule has 0 aliphatic carbocycles. The second-order valence-electron chi connectivity index (χ2n) is 5.29. The summed E-state index contributed by atoms with van der Waals surface area (Å²) >= 11 is 1.42. The molecule has 6 heteroatoms. The van der Waals surface area contributed by atoms with Crippen LogP contribution < -0.4 is 0 Å². The Hall–Kier alpha value is -0.980. The van der Waals surface area contributed by atoms with Crippen LogP contribution in [0.1, 0.15) is 46.2 Å². The first-order valence-corrected chi connectivity index (χ1v) is 7.98. The maximum absolute atomic E-state index is 11.8. The largest absolute Gasteiger partial charge is 0.465 e. The van der Waals surface area contributed by atoms with Crippen molar-refractivity contribution in [1.82, 2.24) is 9.88 Å². The summed E-state index contributed by atoms with van der Waals surface area (Å²) < 4.78 is 10.8. The fourth-order valence-electron chi connectivity index (χ4n) is 2.97. The summed E-state index contributed by atoms with van der Waals surface area (Å²) in [5, 5.41) is 0.910. The first kappa shape index (κ1) is 14.0. The van der Waals surface area contributed by atoms with Gasteiger partial charge < -0.3 is 9.47 Å². The van der Waals surface area contributed by atoms with Gasteiger partial charge in [0.1, 0.15) is 16.0 Å². The number of aromatic nitrogens is 1. The fourth-order valence-corrected chi connectivity index (χ4v) is 4.08. The molecule has 2 fully saturated rings. The van der Waals surface area contributed by atoms with Gasteiger partial charge in [-0.2, -0.15) is 0 Å². The highest BCUT2D eigenvalue weighted by atomic mass is 32.1. The molecular formula is C14H20N2O3S. The summed E-state index contributed by atoms with van der Waals surface area (Å²) in [5.41, 5.74) is 0.823. The van der Waals surface area contributed by atoms with Crippen molar-refractivity contribution in [2.45, 2.75) is 38.3 Å². The molecule has 20 heavy (non-hydrogen) atoms. The normalized spacial score (nSPS) is 26.5. The van der Waals surface area contributed by atoms with E-state index in [0.29, 0.717) is 10.9 Å². The topological polar surface area (TPSA) is 51.7 Å². The molecule has 3 rings (SSSR count). The van der Waals surface area contributed by atoms with Crippen molar-refractivity contribution in [3.8, 4) is 0 Å². The Balaban J connectivity index is 1.80. The van der Waals surface area contributed by atoms with E-state index in [1.165, 1.54) is 31.3 Å². The molecule has 2 aliphatic heterocycles. The van der Waals surface area contributed by atoms with Gasteiger partial charge in [0.2, 0.25) is 0 Å². The van der Waals surface area contributed by atoms with Gasteiger partial charge in [0.25, 0.3) is 0 Å². The third-order valence-electron chi connectivity index (χ3n) is 4.08. The van der Waals surface area contributed by atoms with Gasteiger partial charge in [-0.3, -0.25) is 4.90 Å². The maximum atomic E-state index is 11.8. The van der Waals surface area contributed by atoms with Gasteiger partial charge in [-0.05, 0) is 25.8 Å². The highest BCUT2D eigenvalue weighted by molar-refractivity contribution is 7.13. The lowest BCUT2D eigenvalue weighted by Crippen LogP contribution is -2.42. The van der Waals surface area contributed by atoms with Gasteiger partial charge in [-0.25, -0.2) is 9.78 Å². The van der Waals surface area contributed by atoms with Crippen LogP contribution >= 0.6 is 11.3 Å². The van der Waals surface area contributed by atoms with E-state index in [2.05, 4.69) is 9.88 Å². The highest BCUT2D eigenvalue weighted by Crippen LogP contribution is 2.33. The van der Waals surface area contributed by atoms with Gasteiger partial charge in [-0.1, -0.05) is 6.92 Å². The number of esters is 1. The van der Waals surface area contributed by atoms with E-state index in [9.17, 15) is 4.79 Å². The van der Waals surface area contributed by atoms with Crippen molar-refractivity contribution in [2.24, 2.45) is 0 Å². The van der Waals surface area contributed by atoms with E-state index in [1.54, 1.807) is 0 Å². The fraction of sp³-hybridized carbons (Fsp3) is 0.714. The number of fused-ring (bicyclic) bond motifs is 1. The second kappa shape index (κ2) is 5.79. The molecule has 2 unspecified atom stereocenters. The van der Waals surface area contributed by atoms with Crippen LogP contribution in [-0.4, -0.2) is 48.7 Å². The molecule has 110 valence electrons. The zero-order valence-corrected chi connectivity index (χ0v) is 12.7. The van der Waals surface area contributed by atoms with E-state index in [0.717, 1.165) is 36.8 Å². The minimum absolute atomic E-state index is 0.00180. The Morgan fingerprint density at radius 3 is 3.20 bits per heavy atom. The zero-order valence-electron chi connectivity index (χ0n) is 11.9. The highest BCUT2D eigenvalue weighted by Gasteiger charge is 2.34. The number of aryl methyl sites for hydroxylation is 1. The average molecular weight is 296 g/mol. The molecule has 1 aromatic rings. The molecule has 0 amide bonds.